The average molecular weight is 282 g/mol. The molecule has 112 valence electrons. The first kappa shape index (κ1) is 16.2. The molecule has 6 nitrogen and oxygen atoms in total. The largest absolute Gasteiger partial charge is 0.478 e. The van der Waals surface area contributed by atoms with Crippen LogP contribution in [0.5, 0.6) is 0 Å². The summed E-state index contributed by atoms with van der Waals surface area (Å²) in [5.41, 5.74) is 0.166. The fourth-order valence-electron chi connectivity index (χ4n) is 2.06. The summed E-state index contributed by atoms with van der Waals surface area (Å²) >= 11 is 0. The lowest BCUT2D eigenvalue weighted by molar-refractivity contribution is -0.133. The number of hydrogen-bond donors (Lipinski definition) is 3. The number of nitrogens with one attached hydrogen (secondary N) is 2. The van der Waals surface area contributed by atoms with Crippen LogP contribution in [0.1, 0.15) is 46.5 Å². The van der Waals surface area contributed by atoms with E-state index in [1.54, 1.807) is 0 Å². The van der Waals surface area contributed by atoms with Crippen molar-refractivity contribution in [3.8, 4) is 0 Å². The van der Waals surface area contributed by atoms with Gasteiger partial charge >= 0.3 is 12.0 Å². The number of aliphatic carboxylic acids is 1. The Bertz CT molecular complexity index is 450. The van der Waals surface area contributed by atoms with Gasteiger partial charge in [0.05, 0.1) is 0 Å². The summed E-state index contributed by atoms with van der Waals surface area (Å²) in [7, 11) is 0. The van der Waals surface area contributed by atoms with E-state index < -0.39 is 17.9 Å². The fraction of sp³-hybridized carbons (Fsp3) is 0.643. The molecular formula is C14H22N2O4. The summed E-state index contributed by atoms with van der Waals surface area (Å²) in [5.74, 6) is -1.85. The molecule has 3 amide bonds. The monoisotopic (exact) mass is 282 g/mol. The van der Waals surface area contributed by atoms with Crippen molar-refractivity contribution in [2.75, 3.05) is 6.54 Å². The third-order valence-corrected chi connectivity index (χ3v) is 3.81. The molecule has 0 unspecified atom stereocenters. The van der Waals surface area contributed by atoms with Crippen molar-refractivity contribution in [2.45, 2.75) is 46.5 Å². The van der Waals surface area contributed by atoms with Gasteiger partial charge in [-0.3, -0.25) is 10.1 Å². The molecule has 0 bridgehead atoms. The van der Waals surface area contributed by atoms with Gasteiger partial charge in [-0.2, -0.15) is 0 Å². The molecule has 0 aromatic carbocycles. The first-order valence-corrected chi connectivity index (χ1v) is 6.81. The molecule has 1 aliphatic carbocycles. The maximum Gasteiger partial charge on any atom is 0.331 e. The van der Waals surface area contributed by atoms with E-state index in [1.807, 2.05) is 0 Å². The number of carboxylic acids is 1. The van der Waals surface area contributed by atoms with Crippen LogP contribution in [0.2, 0.25) is 0 Å². The third kappa shape index (κ3) is 4.36. The van der Waals surface area contributed by atoms with Gasteiger partial charge in [-0.05, 0) is 38.5 Å². The zero-order valence-corrected chi connectivity index (χ0v) is 12.2. The number of amides is 3. The molecule has 1 rings (SSSR count). The van der Waals surface area contributed by atoms with Crippen LogP contribution in [-0.2, 0) is 9.59 Å². The maximum atomic E-state index is 11.7. The van der Waals surface area contributed by atoms with E-state index in [0.717, 1.165) is 25.7 Å². The predicted octanol–water partition coefficient (Wildman–Crippen LogP) is 1.81. The number of urea groups is 1. The molecule has 6 heteroatoms. The van der Waals surface area contributed by atoms with E-state index in [9.17, 15) is 14.4 Å². The SMILES string of the molecule is CCCC1(CNC(=O)NC(=O)C(C)=C(C)C(=O)O)CC1. The Balaban J connectivity index is 2.45. The molecule has 0 spiro atoms. The van der Waals surface area contributed by atoms with E-state index in [-0.39, 0.29) is 16.6 Å². The van der Waals surface area contributed by atoms with Crippen LogP contribution in [0, 0.1) is 5.41 Å². The molecule has 20 heavy (non-hydrogen) atoms. The highest BCUT2D eigenvalue weighted by Crippen LogP contribution is 2.48. The van der Waals surface area contributed by atoms with E-state index in [0.29, 0.717) is 6.54 Å². The summed E-state index contributed by atoms with van der Waals surface area (Å²) in [6.07, 6.45) is 4.35. The Morgan fingerprint density at radius 2 is 1.75 bits per heavy atom. The highest BCUT2D eigenvalue weighted by molar-refractivity contribution is 6.07. The summed E-state index contributed by atoms with van der Waals surface area (Å²) in [4.78, 5) is 34.0. The van der Waals surface area contributed by atoms with Gasteiger partial charge in [0, 0.05) is 17.7 Å². The number of hydrogen-bond acceptors (Lipinski definition) is 3. The molecule has 3 N–H and O–H groups in total. The second kappa shape index (κ2) is 6.54. The van der Waals surface area contributed by atoms with Crippen LogP contribution < -0.4 is 10.6 Å². The van der Waals surface area contributed by atoms with Crippen LogP contribution in [0.25, 0.3) is 0 Å². The molecular weight excluding hydrogens is 260 g/mol. The molecule has 0 heterocycles. The fourth-order valence-corrected chi connectivity index (χ4v) is 2.06. The lowest BCUT2D eigenvalue weighted by atomic mass is 10.0. The third-order valence-electron chi connectivity index (χ3n) is 3.81. The Hall–Kier alpha value is -1.85. The summed E-state index contributed by atoms with van der Waals surface area (Å²) in [6, 6.07) is -0.574. The van der Waals surface area contributed by atoms with Crippen molar-refractivity contribution in [3.63, 3.8) is 0 Å². The van der Waals surface area contributed by atoms with Crippen LogP contribution in [0.4, 0.5) is 4.79 Å². The topological polar surface area (TPSA) is 95.5 Å². The molecule has 1 saturated carbocycles. The zero-order chi connectivity index (χ0) is 15.3. The van der Waals surface area contributed by atoms with Crippen molar-refractivity contribution in [3.05, 3.63) is 11.1 Å². The highest BCUT2D eigenvalue weighted by atomic mass is 16.4. The van der Waals surface area contributed by atoms with E-state index in [2.05, 4.69) is 17.6 Å². The maximum absolute atomic E-state index is 11.7. The smallest absolute Gasteiger partial charge is 0.331 e. The van der Waals surface area contributed by atoms with E-state index in [4.69, 9.17) is 5.11 Å². The van der Waals surface area contributed by atoms with Gasteiger partial charge in [-0.25, -0.2) is 9.59 Å². The normalized spacial score (nSPS) is 16.9. The molecule has 0 aromatic rings. The minimum absolute atomic E-state index is 0.0299. The molecule has 1 fully saturated rings. The molecule has 0 atom stereocenters. The van der Waals surface area contributed by atoms with Crippen molar-refractivity contribution < 1.29 is 19.5 Å². The van der Waals surface area contributed by atoms with Crippen molar-refractivity contribution in [1.29, 1.82) is 0 Å². The van der Waals surface area contributed by atoms with Gasteiger partial charge < -0.3 is 10.4 Å². The first-order valence-electron chi connectivity index (χ1n) is 6.81. The molecule has 0 aromatic heterocycles. The van der Waals surface area contributed by atoms with Crippen LogP contribution in [-0.4, -0.2) is 29.6 Å². The standard InChI is InChI=1S/C14H22N2O4/c1-4-5-14(6-7-14)8-15-13(20)16-11(17)9(2)10(3)12(18)19/h4-8H2,1-3H3,(H,18,19)(H2,15,16,17,20). The number of carboxylic acid groups (broad SMARTS) is 1. The number of carbonyl (C=O) groups is 3. The Morgan fingerprint density at radius 3 is 2.20 bits per heavy atom. The Morgan fingerprint density at radius 1 is 1.15 bits per heavy atom. The predicted molar refractivity (Wildman–Crippen MR) is 74.1 cm³/mol. The first-order chi connectivity index (χ1) is 9.31. The van der Waals surface area contributed by atoms with Crippen molar-refractivity contribution in [1.82, 2.24) is 10.6 Å². The Kier molecular flexibility index (Phi) is 5.30. The molecule has 0 radical (unpaired) electrons. The second-order valence-electron chi connectivity index (χ2n) is 5.44. The van der Waals surface area contributed by atoms with Gasteiger partial charge in [-0.15, -0.1) is 0 Å². The van der Waals surface area contributed by atoms with Crippen molar-refractivity contribution in [2.24, 2.45) is 5.41 Å². The average Bonchev–Trinajstić information content (AvgIpc) is 3.15. The van der Waals surface area contributed by atoms with E-state index >= 15 is 0 Å². The number of rotatable bonds is 6. The van der Waals surface area contributed by atoms with Gasteiger partial charge in [0.1, 0.15) is 0 Å². The lowest BCUT2D eigenvalue weighted by Gasteiger charge is -2.15. The lowest BCUT2D eigenvalue weighted by Crippen LogP contribution is -2.42. The van der Waals surface area contributed by atoms with E-state index in [1.165, 1.54) is 13.8 Å². The van der Waals surface area contributed by atoms with Gasteiger partial charge in [0.2, 0.25) is 0 Å². The summed E-state index contributed by atoms with van der Waals surface area (Å²) < 4.78 is 0. The molecule has 1 aliphatic rings. The zero-order valence-electron chi connectivity index (χ0n) is 12.2. The molecule has 0 aliphatic heterocycles. The van der Waals surface area contributed by atoms with Gasteiger partial charge in [0.25, 0.3) is 5.91 Å². The highest BCUT2D eigenvalue weighted by Gasteiger charge is 2.41. The molecule has 0 saturated heterocycles. The van der Waals surface area contributed by atoms with Gasteiger partial charge in [-0.1, -0.05) is 13.3 Å². The number of imide groups is 1. The summed E-state index contributed by atoms with van der Waals surface area (Å²) in [5, 5.41) is 13.6. The quantitative estimate of drug-likeness (QED) is 0.647. The van der Waals surface area contributed by atoms with Crippen LogP contribution in [0.3, 0.4) is 0 Å². The van der Waals surface area contributed by atoms with Gasteiger partial charge in [0.15, 0.2) is 0 Å². The van der Waals surface area contributed by atoms with Crippen LogP contribution in [0.15, 0.2) is 11.1 Å². The second-order valence-corrected chi connectivity index (χ2v) is 5.44. The Labute approximate surface area is 118 Å². The minimum Gasteiger partial charge on any atom is -0.478 e. The minimum atomic E-state index is -1.17. The van der Waals surface area contributed by atoms with Crippen LogP contribution >= 0.6 is 0 Å². The summed E-state index contributed by atoms with van der Waals surface area (Å²) in [6.45, 7) is 5.37. The van der Waals surface area contributed by atoms with Crippen molar-refractivity contribution >= 4 is 17.9 Å². The number of carbonyl (C=O) groups excluding carboxylic acids is 2.